The Morgan fingerprint density at radius 3 is 2.45 bits per heavy atom. The van der Waals surface area contributed by atoms with Crippen LogP contribution in [-0.2, 0) is 10.0 Å². The van der Waals surface area contributed by atoms with Crippen LogP contribution in [0.1, 0.15) is 10.4 Å². The molecule has 1 aromatic heterocycles. The Bertz CT molecular complexity index is 746. The van der Waals surface area contributed by atoms with E-state index in [1.54, 1.807) is 0 Å². The van der Waals surface area contributed by atoms with Crippen LogP contribution in [-0.4, -0.2) is 29.5 Å². The lowest BCUT2D eigenvalue weighted by Gasteiger charge is -2.10. The number of aromatic carboxylic acids is 1. The molecule has 8 nitrogen and oxygen atoms in total. The van der Waals surface area contributed by atoms with Gasteiger partial charge in [0.1, 0.15) is 11.2 Å². The molecule has 0 bridgehead atoms. The number of benzene rings is 1. The summed E-state index contributed by atoms with van der Waals surface area (Å²) in [6.07, 6.45) is 3.83. The summed E-state index contributed by atoms with van der Waals surface area (Å²) < 4.78 is 26.5. The lowest BCUT2D eigenvalue weighted by Crippen LogP contribution is -2.15. The minimum absolute atomic E-state index is 0.0931. The molecule has 0 atom stereocenters. The molecule has 0 aliphatic heterocycles. The second-order valence-corrected chi connectivity index (χ2v) is 5.44. The molecule has 2 rings (SSSR count). The number of carboxylic acids is 1. The molecule has 0 unspecified atom stereocenters. The van der Waals surface area contributed by atoms with Crippen LogP contribution in [0.4, 0.5) is 11.4 Å². The number of nitrogens with zero attached hydrogens (tertiary/aromatic N) is 2. The number of carboxylic acid groups (broad SMARTS) is 1. The molecular formula is C11H10N4O4S. The smallest absolute Gasteiger partial charge is 0.335 e. The highest BCUT2D eigenvalue weighted by Gasteiger charge is 2.19. The molecule has 20 heavy (non-hydrogen) atoms. The lowest BCUT2D eigenvalue weighted by atomic mass is 10.2. The van der Waals surface area contributed by atoms with Crippen LogP contribution < -0.4 is 10.5 Å². The van der Waals surface area contributed by atoms with Gasteiger partial charge in [0.2, 0.25) is 0 Å². The topological polar surface area (TPSA) is 135 Å². The predicted octanol–water partition coefficient (Wildman–Crippen LogP) is 0.558. The molecule has 1 aromatic carbocycles. The molecule has 0 radical (unpaired) electrons. The van der Waals surface area contributed by atoms with Gasteiger partial charge in [-0.15, -0.1) is 0 Å². The van der Waals surface area contributed by atoms with E-state index in [1.807, 2.05) is 0 Å². The van der Waals surface area contributed by atoms with Gasteiger partial charge in [0, 0.05) is 0 Å². The van der Waals surface area contributed by atoms with Crippen molar-refractivity contribution >= 4 is 27.4 Å². The van der Waals surface area contributed by atoms with E-state index >= 15 is 0 Å². The number of nitrogen functional groups attached to an aromatic ring is 1. The average molecular weight is 294 g/mol. The van der Waals surface area contributed by atoms with E-state index in [1.165, 1.54) is 18.7 Å². The van der Waals surface area contributed by atoms with E-state index in [2.05, 4.69) is 14.7 Å². The van der Waals surface area contributed by atoms with Crippen LogP contribution in [0.2, 0.25) is 0 Å². The zero-order valence-electron chi connectivity index (χ0n) is 10.0. The first kappa shape index (κ1) is 13.7. The summed E-state index contributed by atoms with van der Waals surface area (Å²) in [5.41, 5.74) is 5.51. The highest BCUT2D eigenvalue weighted by atomic mass is 32.2. The van der Waals surface area contributed by atoms with Crippen molar-refractivity contribution in [2.45, 2.75) is 4.90 Å². The monoisotopic (exact) mass is 294 g/mol. The highest BCUT2D eigenvalue weighted by Crippen LogP contribution is 2.22. The van der Waals surface area contributed by atoms with Crippen molar-refractivity contribution in [1.29, 1.82) is 0 Å². The fourth-order valence-electron chi connectivity index (χ4n) is 1.49. The normalized spacial score (nSPS) is 11.0. The van der Waals surface area contributed by atoms with Gasteiger partial charge >= 0.3 is 5.97 Å². The first-order valence-electron chi connectivity index (χ1n) is 5.31. The Morgan fingerprint density at radius 2 is 1.90 bits per heavy atom. The number of hydrogen-bond donors (Lipinski definition) is 3. The second kappa shape index (κ2) is 5.13. The summed E-state index contributed by atoms with van der Waals surface area (Å²) in [6, 6.07) is 3.37. The van der Waals surface area contributed by atoms with Crippen molar-refractivity contribution in [2.75, 3.05) is 10.5 Å². The SMILES string of the molecule is Nc1cc(C(=O)O)ccc1S(=O)(=O)Nc1cncnc1. The Morgan fingerprint density at radius 1 is 1.25 bits per heavy atom. The molecule has 1 heterocycles. The zero-order chi connectivity index (χ0) is 14.8. The fraction of sp³-hybridized carbons (Fsp3) is 0. The van der Waals surface area contributed by atoms with Crippen molar-refractivity contribution < 1.29 is 18.3 Å². The first-order chi connectivity index (χ1) is 9.40. The summed E-state index contributed by atoms with van der Waals surface area (Å²) in [7, 11) is -3.93. The molecule has 4 N–H and O–H groups in total. The molecule has 104 valence electrons. The van der Waals surface area contributed by atoms with Gasteiger partial charge in [-0.05, 0) is 18.2 Å². The summed E-state index contributed by atoms with van der Waals surface area (Å²) in [5, 5.41) is 8.80. The van der Waals surface area contributed by atoms with Gasteiger partial charge in [0.25, 0.3) is 10.0 Å². The molecule has 0 spiro atoms. The number of hydrogen-bond acceptors (Lipinski definition) is 6. The molecule has 0 fully saturated rings. The molecule has 0 aliphatic rings. The summed E-state index contributed by atoms with van der Waals surface area (Å²) in [5.74, 6) is -1.19. The largest absolute Gasteiger partial charge is 0.478 e. The second-order valence-electron chi connectivity index (χ2n) is 3.79. The third kappa shape index (κ3) is 2.83. The summed E-state index contributed by atoms with van der Waals surface area (Å²) in [6.45, 7) is 0. The minimum Gasteiger partial charge on any atom is -0.478 e. The van der Waals surface area contributed by atoms with Crippen molar-refractivity contribution in [1.82, 2.24) is 9.97 Å². The minimum atomic E-state index is -3.93. The van der Waals surface area contributed by atoms with E-state index in [-0.39, 0.29) is 21.8 Å². The maximum Gasteiger partial charge on any atom is 0.335 e. The van der Waals surface area contributed by atoms with E-state index in [9.17, 15) is 13.2 Å². The zero-order valence-corrected chi connectivity index (χ0v) is 10.8. The van der Waals surface area contributed by atoms with Gasteiger partial charge in [-0.3, -0.25) is 4.72 Å². The number of rotatable bonds is 4. The molecule has 0 aliphatic carbocycles. The van der Waals surface area contributed by atoms with E-state index in [0.29, 0.717) is 0 Å². The molecule has 0 amide bonds. The van der Waals surface area contributed by atoms with Crippen molar-refractivity contribution in [3.8, 4) is 0 Å². The van der Waals surface area contributed by atoms with Crippen LogP contribution in [0, 0.1) is 0 Å². The third-order valence-electron chi connectivity index (χ3n) is 2.36. The van der Waals surface area contributed by atoms with E-state index in [4.69, 9.17) is 10.8 Å². The predicted molar refractivity (Wildman–Crippen MR) is 70.7 cm³/mol. The standard InChI is InChI=1S/C11H10N4O4S/c12-9-3-7(11(16)17)1-2-10(9)20(18,19)15-8-4-13-6-14-5-8/h1-6,15H,12H2,(H,16,17). The first-order valence-corrected chi connectivity index (χ1v) is 6.79. The molecule has 9 heteroatoms. The van der Waals surface area contributed by atoms with Crippen LogP contribution in [0.25, 0.3) is 0 Å². The quantitative estimate of drug-likeness (QED) is 0.701. The van der Waals surface area contributed by atoms with Gasteiger partial charge < -0.3 is 10.8 Å². The van der Waals surface area contributed by atoms with Crippen LogP contribution in [0.3, 0.4) is 0 Å². The number of nitrogens with two attached hydrogens (primary N) is 1. The van der Waals surface area contributed by atoms with Crippen molar-refractivity contribution in [3.05, 3.63) is 42.5 Å². The van der Waals surface area contributed by atoms with Gasteiger partial charge in [-0.25, -0.2) is 23.2 Å². The maximum absolute atomic E-state index is 12.1. The third-order valence-corrected chi connectivity index (χ3v) is 3.81. The number of nitrogens with one attached hydrogen (secondary N) is 1. The highest BCUT2D eigenvalue weighted by molar-refractivity contribution is 7.92. The summed E-state index contributed by atoms with van der Waals surface area (Å²) in [4.78, 5) is 17.9. The average Bonchev–Trinajstić information content (AvgIpc) is 2.38. The molecular weight excluding hydrogens is 284 g/mol. The number of carbonyl (C=O) groups is 1. The van der Waals surface area contributed by atoms with Gasteiger partial charge in [0.15, 0.2) is 0 Å². The van der Waals surface area contributed by atoms with Gasteiger partial charge in [0.05, 0.1) is 29.3 Å². The van der Waals surface area contributed by atoms with Crippen molar-refractivity contribution in [2.24, 2.45) is 0 Å². The number of sulfonamides is 1. The van der Waals surface area contributed by atoms with Gasteiger partial charge in [-0.1, -0.05) is 0 Å². The Hall–Kier alpha value is -2.68. The lowest BCUT2D eigenvalue weighted by molar-refractivity contribution is 0.0697. The van der Waals surface area contributed by atoms with Crippen LogP contribution in [0.15, 0.2) is 41.8 Å². The Balaban J connectivity index is 2.37. The number of aromatic nitrogens is 2. The summed E-state index contributed by atoms with van der Waals surface area (Å²) >= 11 is 0. The molecule has 0 saturated heterocycles. The fourth-order valence-corrected chi connectivity index (χ4v) is 2.63. The molecule has 2 aromatic rings. The number of anilines is 2. The Kier molecular flexibility index (Phi) is 3.53. The van der Waals surface area contributed by atoms with Crippen LogP contribution in [0.5, 0.6) is 0 Å². The van der Waals surface area contributed by atoms with E-state index in [0.717, 1.165) is 18.2 Å². The maximum atomic E-state index is 12.1. The molecule has 0 saturated carbocycles. The van der Waals surface area contributed by atoms with Gasteiger partial charge in [-0.2, -0.15) is 0 Å². The Labute approximate surface area is 114 Å². The van der Waals surface area contributed by atoms with Crippen molar-refractivity contribution in [3.63, 3.8) is 0 Å². The van der Waals surface area contributed by atoms with Crippen LogP contribution >= 0.6 is 0 Å². The van der Waals surface area contributed by atoms with E-state index < -0.39 is 16.0 Å².